The number of rotatable bonds is 11. The van der Waals surface area contributed by atoms with Crippen molar-refractivity contribution in [2.75, 3.05) is 51.2 Å². The first-order valence-electron chi connectivity index (χ1n) is 6.57. The summed E-state index contributed by atoms with van der Waals surface area (Å²) in [7, 11) is 5.15. The summed E-state index contributed by atoms with van der Waals surface area (Å²) in [6.45, 7) is 2.71. The minimum absolute atomic E-state index is 0.0340. The molecule has 0 amide bonds. The molecule has 0 radical (unpaired) electrons. The molecule has 0 saturated carbocycles. The molecule has 1 rings (SSSR count). The summed E-state index contributed by atoms with van der Waals surface area (Å²) in [5.41, 5.74) is 0. The first-order chi connectivity index (χ1) is 10.1. The first kappa shape index (κ1) is 17.7. The normalized spacial score (nSPS) is 10.8. The largest absolute Gasteiger partial charge is 0.481 e. The van der Waals surface area contributed by atoms with Crippen molar-refractivity contribution in [3.63, 3.8) is 0 Å². The van der Waals surface area contributed by atoms with E-state index in [1.807, 2.05) is 7.05 Å². The van der Waals surface area contributed by atoms with E-state index in [0.29, 0.717) is 30.9 Å². The first-order valence-corrected chi connectivity index (χ1v) is 7.55. The van der Waals surface area contributed by atoms with Crippen LogP contribution >= 0.6 is 11.8 Å². The van der Waals surface area contributed by atoms with Crippen molar-refractivity contribution >= 4 is 23.7 Å². The van der Waals surface area contributed by atoms with Gasteiger partial charge in [0.05, 0.1) is 12.4 Å². The fourth-order valence-corrected chi connectivity index (χ4v) is 2.37. The standard InChI is InChI=1S/C12H22N4O4S/c1-15-11(13-14-12(15)21-9-10(17)18)16(6-8-20-3)5-4-7-19-2/h4-9H2,1-3H3,(H,17,18). The van der Waals surface area contributed by atoms with Gasteiger partial charge >= 0.3 is 5.97 Å². The number of carboxylic acids is 1. The Morgan fingerprint density at radius 2 is 2.00 bits per heavy atom. The minimum Gasteiger partial charge on any atom is -0.481 e. The molecule has 0 saturated heterocycles. The molecule has 1 aromatic rings. The van der Waals surface area contributed by atoms with Gasteiger partial charge in [0.1, 0.15) is 0 Å². The lowest BCUT2D eigenvalue weighted by atomic mass is 10.4. The topological polar surface area (TPSA) is 89.7 Å². The van der Waals surface area contributed by atoms with Gasteiger partial charge in [-0.25, -0.2) is 0 Å². The zero-order valence-corrected chi connectivity index (χ0v) is 13.4. The van der Waals surface area contributed by atoms with Gasteiger partial charge in [-0.3, -0.25) is 9.36 Å². The summed E-state index contributed by atoms with van der Waals surface area (Å²) in [5, 5.41) is 17.5. The van der Waals surface area contributed by atoms with Crippen LogP contribution in [0.5, 0.6) is 0 Å². The van der Waals surface area contributed by atoms with Crippen molar-refractivity contribution in [3.05, 3.63) is 0 Å². The van der Waals surface area contributed by atoms with Gasteiger partial charge in [0, 0.05) is 41.0 Å². The zero-order valence-electron chi connectivity index (χ0n) is 12.6. The van der Waals surface area contributed by atoms with Crippen LogP contribution in [0.4, 0.5) is 5.95 Å². The Kier molecular flexibility index (Phi) is 8.09. The predicted molar refractivity (Wildman–Crippen MR) is 79.9 cm³/mol. The molecule has 0 unspecified atom stereocenters. The fourth-order valence-electron chi connectivity index (χ4n) is 1.75. The summed E-state index contributed by atoms with van der Waals surface area (Å²) in [6.07, 6.45) is 0.866. The van der Waals surface area contributed by atoms with E-state index in [1.54, 1.807) is 18.8 Å². The summed E-state index contributed by atoms with van der Waals surface area (Å²) in [6, 6.07) is 0. The molecule has 0 aliphatic carbocycles. The molecule has 120 valence electrons. The molecule has 8 nitrogen and oxygen atoms in total. The molecular weight excluding hydrogens is 296 g/mol. The highest BCUT2D eigenvalue weighted by atomic mass is 32.2. The van der Waals surface area contributed by atoms with Gasteiger partial charge in [-0.05, 0) is 6.42 Å². The van der Waals surface area contributed by atoms with E-state index in [-0.39, 0.29) is 5.75 Å². The maximum Gasteiger partial charge on any atom is 0.313 e. The van der Waals surface area contributed by atoms with E-state index in [0.717, 1.165) is 24.7 Å². The van der Waals surface area contributed by atoms with E-state index in [1.165, 1.54) is 0 Å². The lowest BCUT2D eigenvalue weighted by molar-refractivity contribution is -0.133. The average Bonchev–Trinajstić information content (AvgIpc) is 2.81. The number of nitrogens with zero attached hydrogens (tertiary/aromatic N) is 4. The molecule has 0 atom stereocenters. The Morgan fingerprint density at radius 3 is 2.62 bits per heavy atom. The predicted octanol–water partition coefficient (Wildman–Crippen LogP) is 0.481. The number of carbonyl (C=O) groups is 1. The summed E-state index contributed by atoms with van der Waals surface area (Å²) in [4.78, 5) is 12.7. The van der Waals surface area contributed by atoms with Crippen LogP contribution in [0, 0.1) is 0 Å². The number of aromatic nitrogens is 3. The molecule has 0 aliphatic heterocycles. The van der Waals surface area contributed by atoms with Crippen molar-refractivity contribution < 1.29 is 19.4 Å². The van der Waals surface area contributed by atoms with Crippen LogP contribution in [0.25, 0.3) is 0 Å². The molecule has 1 aromatic heterocycles. The smallest absolute Gasteiger partial charge is 0.313 e. The third kappa shape index (κ3) is 5.90. The van der Waals surface area contributed by atoms with Crippen LogP contribution < -0.4 is 4.90 Å². The molecule has 1 N–H and O–H groups in total. The van der Waals surface area contributed by atoms with Gasteiger partial charge in [-0.1, -0.05) is 11.8 Å². The van der Waals surface area contributed by atoms with Crippen molar-refractivity contribution in [2.45, 2.75) is 11.6 Å². The Balaban J connectivity index is 2.73. The van der Waals surface area contributed by atoms with Gasteiger partial charge in [0.15, 0.2) is 5.16 Å². The molecule has 0 aromatic carbocycles. The van der Waals surface area contributed by atoms with Crippen LogP contribution in [0.2, 0.25) is 0 Å². The number of methoxy groups -OCH3 is 2. The summed E-state index contributed by atoms with van der Waals surface area (Å²) in [5.74, 6) is -0.204. The second-order valence-electron chi connectivity index (χ2n) is 4.35. The average molecular weight is 318 g/mol. The molecule has 0 fully saturated rings. The van der Waals surface area contributed by atoms with E-state index in [2.05, 4.69) is 15.1 Å². The number of carboxylic acid groups (broad SMARTS) is 1. The SMILES string of the molecule is COCCCN(CCOC)c1nnc(SCC(=O)O)n1C. The van der Waals surface area contributed by atoms with Gasteiger partial charge in [-0.15, -0.1) is 10.2 Å². The molecule has 1 heterocycles. The number of hydrogen-bond donors (Lipinski definition) is 1. The third-order valence-corrected chi connectivity index (χ3v) is 3.77. The number of hydrogen-bond acceptors (Lipinski definition) is 7. The lowest BCUT2D eigenvalue weighted by Gasteiger charge is -2.22. The molecule has 0 spiro atoms. The maximum absolute atomic E-state index is 10.6. The molecule has 0 bridgehead atoms. The van der Waals surface area contributed by atoms with Crippen LogP contribution in [0.15, 0.2) is 5.16 Å². The quantitative estimate of drug-likeness (QED) is 0.465. The van der Waals surface area contributed by atoms with Crippen LogP contribution in [-0.4, -0.2) is 72.1 Å². The number of thioether (sulfide) groups is 1. The highest BCUT2D eigenvalue weighted by Gasteiger charge is 2.16. The van der Waals surface area contributed by atoms with Gasteiger partial charge in [-0.2, -0.15) is 0 Å². The fraction of sp³-hybridized carbons (Fsp3) is 0.750. The lowest BCUT2D eigenvalue weighted by Crippen LogP contribution is -2.31. The Morgan fingerprint density at radius 1 is 1.29 bits per heavy atom. The van der Waals surface area contributed by atoms with Gasteiger partial charge in [0.25, 0.3) is 0 Å². The van der Waals surface area contributed by atoms with Crippen molar-refractivity contribution in [3.8, 4) is 0 Å². The van der Waals surface area contributed by atoms with Crippen LogP contribution in [0.1, 0.15) is 6.42 Å². The highest BCUT2D eigenvalue weighted by molar-refractivity contribution is 7.99. The molecule has 21 heavy (non-hydrogen) atoms. The van der Waals surface area contributed by atoms with Crippen LogP contribution in [-0.2, 0) is 21.3 Å². The number of ether oxygens (including phenoxy) is 2. The van der Waals surface area contributed by atoms with Crippen molar-refractivity contribution in [1.82, 2.24) is 14.8 Å². The van der Waals surface area contributed by atoms with E-state index < -0.39 is 5.97 Å². The second kappa shape index (κ2) is 9.59. The van der Waals surface area contributed by atoms with E-state index in [9.17, 15) is 4.79 Å². The van der Waals surface area contributed by atoms with Crippen molar-refractivity contribution in [1.29, 1.82) is 0 Å². The van der Waals surface area contributed by atoms with E-state index >= 15 is 0 Å². The zero-order chi connectivity index (χ0) is 15.7. The second-order valence-corrected chi connectivity index (χ2v) is 5.29. The van der Waals surface area contributed by atoms with E-state index in [4.69, 9.17) is 14.6 Å². The monoisotopic (exact) mass is 318 g/mol. The number of aliphatic carboxylic acids is 1. The summed E-state index contributed by atoms with van der Waals surface area (Å²) < 4.78 is 12.0. The Labute approximate surface area is 128 Å². The number of anilines is 1. The minimum atomic E-state index is -0.874. The third-order valence-electron chi connectivity index (χ3n) is 2.76. The molecular formula is C12H22N4O4S. The van der Waals surface area contributed by atoms with Gasteiger partial charge < -0.3 is 19.5 Å². The molecule has 0 aliphatic rings. The van der Waals surface area contributed by atoms with Crippen LogP contribution in [0.3, 0.4) is 0 Å². The van der Waals surface area contributed by atoms with Crippen molar-refractivity contribution in [2.24, 2.45) is 7.05 Å². The molecule has 9 heteroatoms. The van der Waals surface area contributed by atoms with Gasteiger partial charge in [0.2, 0.25) is 5.95 Å². The maximum atomic E-state index is 10.6. The summed E-state index contributed by atoms with van der Waals surface area (Å²) >= 11 is 1.15. The Hall–Kier alpha value is -1.32. The highest BCUT2D eigenvalue weighted by Crippen LogP contribution is 2.20. The Bertz CT molecular complexity index is 441.